The van der Waals surface area contributed by atoms with Gasteiger partial charge in [0.1, 0.15) is 0 Å². The Balaban J connectivity index is 1.91. The molecule has 0 radical (unpaired) electrons. The van der Waals surface area contributed by atoms with Crippen LogP contribution in [0.2, 0.25) is 0 Å². The van der Waals surface area contributed by atoms with Crippen molar-refractivity contribution in [2.45, 2.75) is 52.6 Å². The highest BCUT2D eigenvalue weighted by atomic mass is 31.1. The molecule has 138 valence electrons. The Kier molecular flexibility index (Phi) is 5.87. The molecule has 2 aromatic carbocycles. The molecule has 0 amide bonds. The van der Waals surface area contributed by atoms with E-state index in [1.807, 2.05) is 25.1 Å². The number of rotatable bonds is 4. The lowest BCUT2D eigenvalue weighted by Crippen LogP contribution is -2.12. The summed E-state index contributed by atoms with van der Waals surface area (Å²) < 4.78 is 26.1. The van der Waals surface area contributed by atoms with Gasteiger partial charge in [-0.25, -0.2) is 8.78 Å². The van der Waals surface area contributed by atoms with Crippen molar-refractivity contribution in [2.75, 3.05) is 0 Å². The second-order valence-electron chi connectivity index (χ2n) is 7.41. The summed E-state index contributed by atoms with van der Waals surface area (Å²) >= 11 is 0. The minimum Gasteiger partial charge on any atom is -0.257 e. The summed E-state index contributed by atoms with van der Waals surface area (Å²) in [7, 11) is -0.436. The van der Waals surface area contributed by atoms with Crippen LogP contribution >= 0.6 is 8.58 Å². The first-order chi connectivity index (χ1) is 12.3. The summed E-state index contributed by atoms with van der Waals surface area (Å²) in [5, 5.41) is 0.824. The van der Waals surface area contributed by atoms with Crippen LogP contribution in [0.3, 0.4) is 0 Å². The molecule has 0 bridgehead atoms. The van der Waals surface area contributed by atoms with Crippen molar-refractivity contribution in [2.24, 2.45) is 10.9 Å². The molecule has 1 nitrogen and oxygen atoms in total. The van der Waals surface area contributed by atoms with Gasteiger partial charge in [0.2, 0.25) is 0 Å². The predicted molar refractivity (Wildman–Crippen MR) is 109 cm³/mol. The fraction of sp³-hybridized carbons (Fsp3) is 0.409. The Hall–Kier alpha value is -1.60. The lowest BCUT2D eigenvalue weighted by atomic mass is 9.93. The van der Waals surface area contributed by atoms with Gasteiger partial charge in [0.05, 0.1) is 5.69 Å². The smallest absolute Gasteiger partial charge is 0.256 e. The first-order valence-corrected chi connectivity index (χ1v) is 10.2. The monoisotopic (exact) mass is 373 g/mol. The molecule has 3 atom stereocenters. The van der Waals surface area contributed by atoms with E-state index in [1.54, 1.807) is 0 Å². The molecule has 4 heteroatoms. The molecule has 3 rings (SSSR count). The van der Waals surface area contributed by atoms with Crippen LogP contribution in [-0.4, -0.2) is 11.9 Å². The third kappa shape index (κ3) is 4.20. The van der Waals surface area contributed by atoms with Crippen molar-refractivity contribution in [1.82, 2.24) is 0 Å². The Labute approximate surface area is 156 Å². The van der Waals surface area contributed by atoms with E-state index in [0.29, 0.717) is 5.92 Å². The molecule has 0 aromatic heterocycles. The maximum atomic E-state index is 13.0. The van der Waals surface area contributed by atoms with Gasteiger partial charge in [0.25, 0.3) is 6.17 Å². The van der Waals surface area contributed by atoms with Crippen LogP contribution in [0.4, 0.5) is 14.5 Å². The molecular weight excluding hydrogens is 347 g/mol. The Morgan fingerprint density at radius 3 is 2.54 bits per heavy atom. The molecule has 1 saturated carbocycles. The lowest BCUT2D eigenvalue weighted by Gasteiger charge is -2.18. The number of halogens is 2. The fourth-order valence-corrected chi connectivity index (χ4v) is 5.01. The van der Waals surface area contributed by atoms with E-state index in [9.17, 15) is 8.78 Å². The molecule has 2 aromatic rings. The molecule has 26 heavy (non-hydrogen) atoms. The Morgan fingerprint density at radius 1 is 1.08 bits per heavy atom. The molecule has 0 heterocycles. The number of hydrogen-bond donors (Lipinski definition) is 0. The first-order valence-electron chi connectivity index (χ1n) is 9.14. The van der Waals surface area contributed by atoms with Crippen LogP contribution in [0.25, 0.3) is 0 Å². The van der Waals surface area contributed by atoms with Gasteiger partial charge in [-0.1, -0.05) is 42.8 Å². The second kappa shape index (κ2) is 7.96. The number of hydrogen-bond acceptors (Lipinski definition) is 1. The van der Waals surface area contributed by atoms with Gasteiger partial charge >= 0.3 is 0 Å². The van der Waals surface area contributed by atoms with Gasteiger partial charge in [0.15, 0.2) is 0 Å². The van der Waals surface area contributed by atoms with E-state index < -0.39 is 14.7 Å². The second-order valence-corrected chi connectivity index (χ2v) is 8.68. The molecule has 0 N–H and O–H groups in total. The molecule has 1 aliphatic rings. The van der Waals surface area contributed by atoms with Crippen LogP contribution in [-0.2, 0) is 0 Å². The highest BCUT2D eigenvalue weighted by Crippen LogP contribution is 2.40. The van der Waals surface area contributed by atoms with Crippen molar-refractivity contribution in [1.29, 1.82) is 0 Å². The van der Waals surface area contributed by atoms with Gasteiger partial charge in [-0.15, -0.1) is 0 Å². The number of alkyl halides is 2. The average molecular weight is 373 g/mol. The normalized spacial score (nSPS) is 22.2. The van der Waals surface area contributed by atoms with Crippen LogP contribution in [0, 0.1) is 26.7 Å². The fourth-order valence-electron chi connectivity index (χ4n) is 4.03. The SMILES string of the molecule is Cc1ccc(/N=C2\CC(c3c(C)cccc3PC(F)F)CC2C)c(C)c1. The lowest BCUT2D eigenvalue weighted by molar-refractivity contribution is 0.249. The van der Waals surface area contributed by atoms with E-state index in [4.69, 9.17) is 4.99 Å². The van der Waals surface area contributed by atoms with Crippen molar-refractivity contribution in [3.63, 3.8) is 0 Å². The molecule has 0 aliphatic heterocycles. The Bertz CT molecular complexity index is 829. The first kappa shape index (κ1) is 19.2. The molecular formula is C22H26F2NP. The highest BCUT2D eigenvalue weighted by molar-refractivity contribution is 7.47. The zero-order valence-electron chi connectivity index (χ0n) is 15.8. The van der Waals surface area contributed by atoms with Crippen LogP contribution in [0.15, 0.2) is 41.4 Å². The van der Waals surface area contributed by atoms with E-state index >= 15 is 0 Å². The van der Waals surface area contributed by atoms with Gasteiger partial charge < -0.3 is 0 Å². The standard InChI is InChI=1S/C22H26F2NP/c1-13-8-9-18(15(3)10-13)25-19-12-17(11-16(19)4)21-14(2)6-5-7-20(21)26-22(23)24/h5-10,16-17,22,26H,11-12H2,1-4H3/b25-19+. The third-order valence-electron chi connectivity index (χ3n) is 5.28. The molecule has 0 spiro atoms. The number of aryl methyl sites for hydroxylation is 3. The van der Waals surface area contributed by atoms with E-state index in [-0.39, 0.29) is 5.92 Å². The highest BCUT2D eigenvalue weighted by Gasteiger charge is 2.31. The third-order valence-corrected chi connectivity index (χ3v) is 6.24. The van der Waals surface area contributed by atoms with Crippen LogP contribution in [0.1, 0.15) is 47.9 Å². The summed E-state index contributed by atoms with van der Waals surface area (Å²) in [6.07, 6.45) is -0.437. The summed E-state index contributed by atoms with van der Waals surface area (Å²) in [4.78, 5) is 4.95. The maximum absolute atomic E-state index is 13.0. The maximum Gasteiger partial charge on any atom is 0.256 e. The minimum atomic E-state index is -2.28. The predicted octanol–water partition coefficient (Wildman–Crippen LogP) is 6.42. The quantitative estimate of drug-likeness (QED) is 0.548. The van der Waals surface area contributed by atoms with Gasteiger partial charge in [-0.2, -0.15) is 0 Å². The van der Waals surface area contributed by atoms with Gasteiger partial charge in [0, 0.05) is 5.71 Å². The average Bonchev–Trinajstić information content (AvgIpc) is 2.90. The topological polar surface area (TPSA) is 12.4 Å². The van der Waals surface area contributed by atoms with Crippen LogP contribution in [0.5, 0.6) is 0 Å². The summed E-state index contributed by atoms with van der Waals surface area (Å²) in [5.74, 6) is 0.667. The van der Waals surface area contributed by atoms with Crippen molar-refractivity contribution in [3.8, 4) is 0 Å². The van der Waals surface area contributed by atoms with Gasteiger partial charge in [-0.05, 0) is 82.1 Å². The summed E-state index contributed by atoms with van der Waals surface area (Å²) in [6, 6.07) is 12.1. The molecule has 1 fully saturated rings. The molecule has 1 aliphatic carbocycles. The minimum absolute atomic E-state index is 0.289. The number of benzene rings is 2. The Morgan fingerprint density at radius 2 is 1.85 bits per heavy atom. The van der Waals surface area contributed by atoms with Crippen LogP contribution < -0.4 is 5.30 Å². The van der Waals surface area contributed by atoms with E-state index in [0.717, 1.165) is 35.0 Å². The zero-order valence-corrected chi connectivity index (χ0v) is 16.8. The van der Waals surface area contributed by atoms with Crippen molar-refractivity contribution in [3.05, 3.63) is 58.7 Å². The number of aliphatic imine (C=N–C) groups is 1. The molecule has 0 saturated heterocycles. The zero-order chi connectivity index (χ0) is 18.8. The van der Waals surface area contributed by atoms with Crippen molar-refractivity contribution < 1.29 is 8.78 Å². The summed E-state index contributed by atoms with van der Waals surface area (Å²) in [5.41, 5.74) is 6.89. The largest absolute Gasteiger partial charge is 0.257 e. The summed E-state index contributed by atoms with van der Waals surface area (Å²) in [6.45, 7) is 8.42. The van der Waals surface area contributed by atoms with Gasteiger partial charge in [-0.3, -0.25) is 4.99 Å². The van der Waals surface area contributed by atoms with Crippen molar-refractivity contribution >= 4 is 25.3 Å². The van der Waals surface area contributed by atoms with E-state index in [1.165, 1.54) is 16.8 Å². The number of nitrogens with zero attached hydrogens (tertiary/aromatic N) is 1. The van der Waals surface area contributed by atoms with E-state index in [2.05, 4.69) is 39.0 Å². The molecule has 3 unspecified atom stereocenters.